The zero-order chi connectivity index (χ0) is 15.6. The Balaban J connectivity index is 2.17. The monoisotopic (exact) mass is 320 g/mol. The average Bonchev–Trinajstić information content (AvgIpc) is 3.19. The van der Waals surface area contributed by atoms with Gasteiger partial charge in [-0.1, -0.05) is 24.6 Å². The van der Waals surface area contributed by atoms with Crippen LogP contribution in [-0.2, 0) is 6.42 Å². The summed E-state index contributed by atoms with van der Waals surface area (Å²) < 4.78 is 38.1. The Morgan fingerprint density at radius 1 is 1.38 bits per heavy atom. The highest BCUT2D eigenvalue weighted by molar-refractivity contribution is 6.33. The van der Waals surface area contributed by atoms with E-state index >= 15 is 0 Å². The molecule has 1 unspecified atom stereocenters. The highest BCUT2D eigenvalue weighted by atomic mass is 35.5. The molecule has 118 valence electrons. The van der Waals surface area contributed by atoms with E-state index in [1.807, 2.05) is 13.0 Å². The van der Waals surface area contributed by atoms with Crippen LogP contribution in [0.2, 0.25) is 5.02 Å². The molecule has 0 bridgehead atoms. The van der Waals surface area contributed by atoms with Gasteiger partial charge in [-0.25, -0.2) is 0 Å². The number of nitrogens with two attached hydrogens (primary N) is 1. The standard InChI is InChI=1S/C15H20ClF3N2/c1-2-11(20)7-10-3-6-14(13(16)8-10)21(12-4-5-12)9-15(17,18)19/h3,6,8,11-12H,2,4-5,7,9,20H2,1H3. The van der Waals surface area contributed by atoms with Gasteiger partial charge in [-0.15, -0.1) is 0 Å². The fraction of sp³-hybridized carbons (Fsp3) is 0.600. The molecule has 6 heteroatoms. The molecule has 1 fully saturated rings. The highest BCUT2D eigenvalue weighted by Gasteiger charge is 2.38. The van der Waals surface area contributed by atoms with Gasteiger partial charge in [-0.05, 0) is 43.4 Å². The maximum absolute atomic E-state index is 12.7. The van der Waals surface area contributed by atoms with Gasteiger partial charge in [0.15, 0.2) is 0 Å². The van der Waals surface area contributed by atoms with E-state index in [2.05, 4.69) is 0 Å². The van der Waals surface area contributed by atoms with Crippen LogP contribution in [0.3, 0.4) is 0 Å². The van der Waals surface area contributed by atoms with Gasteiger partial charge in [0.05, 0.1) is 10.7 Å². The van der Waals surface area contributed by atoms with Crippen molar-refractivity contribution in [2.45, 2.75) is 50.9 Å². The molecule has 1 saturated carbocycles. The first-order valence-electron chi connectivity index (χ1n) is 7.17. The third kappa shape index (κ3) is 4.78. The number of hydrogen-bond acceptors (Lipinski definition) is 2. The predicted octanol–water partition coefficient (Wildman–Crippen LogP) is 4.15. The summed E-state index contributed by atoms with van der Waals surface area (Å²) in [5.41, 5.74) is 7.31. The normalized spacial score (nSPS) is 16.9. The molecule has 0 saturated heterocycles. The minimum Gasteiger partial charge on any atom is -0.358 e. The Morgan fingerprint density at radius 2 is 2.05 bits per heavy atom. The van der Waals surface area contributed by atoms with Crippen molar-refractivity contribution in [1.29, 1.82) is 0 Å². The molecule has 1 aromatic carbocycles. The quantitative estimate of drug-likeness (QED) is 0.853. The summed E-state index contributed by atoms with van der Waals surface area (Å²) in [6.45, 7) is 1.05. The van der Waals surface area contributed by atoms with E-state index in [1.165, 1.54) is 4.90 Å². The van der Waals surface area contributed by atoms with Crippen LogP contribution in [0, 0.1) is 0 Å². The second-order valence-electron chi connectivity index (χ2n) is 5.63. The third-order valence-corrected chi connectivity index (χ3v) is 3.98. The van der Waals surface area contributed by atoms with E-state index in [4.69, 9.17) is 17.3 Å². The molecular formula is C15H20ClF3N2. The van der Waals surface area contributed by atoms with Gasteiger partial charge in [0.2, 0.25) is 0 Å². The van der Waals surface area contributed by atoms with Crippen LogP contribution in [0.5, 0.6) is 0 Å². The Labute approximate surface area is 128 Å². The number of benzene rings is 1. The number of rotatable bonds is 6. The average molecular weight is 321 g/mol. The number of anilines is 1. The van der Waals surface area contributed by atoms with Gasteiger partial charge in [0.25, 0.3) is 0 Å². The molecule has 0 aliphatic heterocycles. The Kier molecular flexibility index (Phi) is 5.04. The summed E-state index contributed by atoms with van der Waals surface area (Å²) in [7, 11) is 0. The third-order valence-electron chi connectivity index (χ3n) is 3.68. The van der Waals surface area contributed by atoms with Gasteiger partial charge in [-0.3, -0.25) is 0 Å². The lowest BCUT2D eigenvalue weighted by atomic mass is 10.0. The molecule has 1 aliphatic rings. The molecular weight excluding hydrogens is 301 g/mol. The zero-order valence-corrected chi connectivity index (χ0v) is 12.7. The Hall–Kier alpha value is -0.940. The van der Waals surface area contributed by atoms with Crippen molar-refractivity contribution in [2.24, 2.45) is 5.73 Å². The lowest BCUT2D eigenvalue weighted by Crippen LogP contribution is -2.36. The van der Waals surface area contributed by atoms with Crippen molar-refractivity contribution in [1.82, 2.24) is 0 Å². The zero-order valence-electron chi connectivity index (χ0n) is 12.0. The van der Waals surface area contributed by atoms with Crippen LogP contribution < -0.4 is 10.6 Å². The Morgan fingerprint density at radius 3 is 2.52 bits per heavy atom. The van der Waals surface area contributed by atoms with Crippen LogP contribution >= 0.6 is 11.6 Å². The topological polar surface area (TPSA) is 29.3 Å². The molecule has 0 aromatic heterocycles. The first-order chi connectivity index (χ1) is 9.80. The van der Waals surface area contributed by atoms with Crippen molar-refractivity contribution in [3.63, 3.8) is 0 Å². The van der Waals surface area contributed by atoms with Gasteiger partial charge in [-0.2, -0.15) is 13.2 Å². The lowest BCUT2D eigenvalue weighted by Gasteiger charge is -2.27. The van der Waals surface area contributed by atoms with Crippen LogP contribution in [0.25, 0.3) is 0 Å². The predicted molar refractivity (Wildman–Crippen MR) is 79.8 cm³/mol. The molecule has 0 amide bonds. The summed E-state index contributed by atoms with van der Waals surface area (Å²) in [6.07, 6.45) is -1.13. The maximum atomic E-state index is 12.7. The minimum atomic E-state index is -4.23. The number of hydrogen-bond donors (Lipinski definition) is 1. The first kappa shape index (κ1) is 16.4. The molecule has 1 aromatic rings. The summed E-state index contributed by atoms with van der Waals surface area (Å²) in [4.78, 5) is 1.37. The van der Waals surface area contributed by atoms with E-state index in [9.17, 15) is 13.2 Å². The fourth-order valence-electron chi connectivity index (χ4n) is 2.35. The molecule has 1 aliphatic carbocycles. The number of nitrogens with zero attached hydrogens (tertiary/aromatic N) is 1. The Bertz CT molecular complexity index is 486. The summed E-state index contributed by atoms with van der Waals surface area (Å²) in [5, 5.41) is 0.368. The molecule has 0 heterocycles. The van der Waals surface area contributed by atoms with E-state index in [0.29, 0.717) is 17.1 Å². The van der Waals surface area contributed by atoms with Crippen molar-refractivity contribution < 1.29 is 13.2 Å². The molecule has 2 N–H and O–H groups in total. The van der Waals surface area contributed by atoms with Crippen molar-refractivity contribution >= 4 is 17.3 Å². The van der Waals surface area contributed by atoms with Crippen LogP contribution in [0.1, 0.15) is 31.7 Å². The van der Waals surface area contributed by atoms with Crippen molar-refractivity contribution in [3.05, 3.63) is 28.8 Å². The minimum absolute atomic E-state index is 0.0432. The van der Waals surface area contributed by atoms with E-state index < -0.39 is 12.7 Å². The van der Waals surface area contributed by atoms with E-state index in [1.54, 1.807) is 12.1 Å². The van der Waals surface area contributed by atoms with Crippen LogP contribution in [0.4, 0.5) is 18.9 Å². The van der Waals surface area contributed by atoms with Crippen LogP contribution in [0.15, 0.2) is 18.2 Å². The maximum Gasteiger partial charge on any atom is 0.405 e. The number of halogens is 4. The summed E-state index contributed by atoms with van der Waals surface area (Å²) in [5.74, 6) is 0. The van der Waals surface area contributed by atoms with Crippen LogP contribution in [-0.4, -0.2) is 24.8 Å². The molecule has 1 atom stereocenters. The summed E-state index contributed by atoms with van der Waals surface area (Å²) in [6, 6.07) is 5.24. The molecule has 2 rings (SSSR count). The molecule has 0 spiro atoms. The van der Waals surface area contributed by atoms with Gasteiger partial charge in [0.1, 0.15) is 6.54 Å². The molecule has 0 radical (unpaired) electrons. The lowest BCUT2D eigenvalue weighted by molar-refractivity contribution is -0.119. The van der Waals surface area contributed by atoms with Crippen molar-refractivity contribution in [2.75, 3.05) is 11.4 Å². The van der Waals surface area contributed by atoms with Crippen molar-refractivity contribution in [3.8, 4) is 0 Å². The SMILES string of the molecule is CCC(N)Cc1ccc(N(CC(F)(F)F)C2CC2)c(Cl)c1. The molecule has 2 nitrogen and oxygen atoms in total. The van der Waals surface area contributed by atoms with Gasteiger partial charge >= 0.3 is 6.18 Å². The van der Waals surface area contributed by atoms with Gasteiger partial charge in [0, 0.05) is 12.1 Å². The van der Waals surface area contributed by atoms with E-state index in [0.717, 1.165) is 24.8 Å². The fourth-order valence-corrected chi connectivity index (χ4v) is 2.66. The second-order valence-corrected chi connectivity index (χ2v) is 6.04. The van der Waals surface area contributed by atoms with Gasteiger partial charge < -0.3 is 10.6 Å². The second kappa shape index (κ2) is 6.44. The van der Waals surface area contributed by atoms with E-state index in [-0.39, 0.29) is 12.1 Å². The molecule has 21 heavy (non-hydrogen) atoms. The number of alkyl halides is 3. The highest BCUT2D eigenvalue weighted by Crippen LogP contribution is 2.38. The summed E-state index contributed by atoms with van der Waals surface area (Å²) >= 11 is 6.20. The first-order valence-corrected chi connectivity index (χ1v) is 7.55. The largest absolute Gasteiger partial charge is 0.405 e. The smallest absolute Gasteiger partial charge is 0.358 e.